The number of hydrogen-bond donors (Lipinski definition) is 0. The van der Waals surface area contributed by atoms with E-state index in [-0.39, 0.29) is 11.2 Å². The van der Waals surface area contributed by atoms with E-state index < -0.39 is 0 Å². The van der Waals surface area contributed by atoms with Crippen LogP contribution in [-0.4, -0.2) is 29.1 Å². The summed E-state index contributed by atoms with van der Waals surface area (Å²) in [6, 6.07) is 10.6. The van der Waals surface area contributed by atoms with Crippen molar-refractivity contribution < 1.29 is 4.79 Å². The van der Waals surface area contributed by atoms with Crippen molar-refractivity contribution in [1.29, 1.82) is 0 Å². The van der Waals surface area contributed by atoms with Crippen LogP contribution in [0.4, 0.5) is 0 Å². The van der Waals surface area contributed by atoms with Crippen molar-refractivity contribution in [3.05, 3.63) is 30.3 Å². The minimum absolute atomic E-state index is 0.00185. The Kier molecular flexibility index (Phi) is 4.70. The molecule has 0 bridgehead atoms. The first-order valence-corrected chi connectivity index (χ1v) is 7.55. The maximum Gasteiger partial charge on any atom is 0.235 e. The molecule has 1 amide bonds. The number of thioether (sulfide) groups is 1. The molecule has 98 valence electrons. The zero-order valence-corrected chi connectivity index (χ0v) is 12.0. The van der Waals surface area contributed by atoms with Gasteiger partial charge in [0.05, 0.1) is 5.25 Å². The summed E-state index contributed by atoms with van der Waals surface area (Å²) in [5.41, 5.74) is 0. The van der Waals surface area contributed by atoms with Gasteiger partial charge in [-0.15, -0.1) is 11.8 Å². The maximum absolute atomic E-state index is 12.3. The van der Waals surface area contributed by atoms with Crippen LogP contribution in [0.5, 0.6) is 0 Å². The summed E-state index contributed by atoms with van der Waals surface area (Å²) in [5, 5.41) is -0.00185. The lowest BCUT2D eigenvalue weighted by atomic mass is 10.2. The first-order chi connectivity index (χ1) is 8.68. The molecular formula is C15H21NOS. The van der Waals surface area contributed by atoms with Gasteiger partial charge in [0.1, 0.15) is 0 Å². The molecule has 2 nitrogen and oxygen atoms in total. The van der Waals surface area contributed by atoms with Gasteiger partial charge in [-0.3, -0.25) is 4.79 Å². The largest absolute Gasteiger partial charge is 0.342 e. The molecule has 1 fully saturated rings. The normalized spacial score (nSPS) is 17.7. The summed E-state index contributed by atoms with van der Waals surface area (Å²) >= 11 is 1.65. The molecule has 0 unspecified atom stereocenters. The van der Waals surface area contributed by atoms with Crippen LogP contribution in [0, 0.1) is 0 Å². The molecule has 0 heterocycles. The Morgan fingerprint density at radius 3 is 2.50 bits per heavy atom. The molecule has 0 aromatic heterocycles. The summed E-state index contributed by atoms with van der Waals surface area (Å²) in [4.78, 5) is 15.5. The number of amides is 1. The Bertz CT molecular complexity index is 387. The highest BCUT2D eigenvalue weighted by Gasteiger charge is 2.26. The minimum atomic E-state index is -0.00185. The van der Waals surface area contributed by atoms with E-state index in [9.17, 15) is 4.79 Å². The molecule has 0 radical (unpaired) electrons. The Balaban J connectivity index is 1.91. The Labute approximate surface area is 114 Å². The molecule has 1 atom stereocenters. The third-order valence-corrected chi connectivity index (χ3v) is 4.72. The average Bonchev–Trinajstić information content (AvgIpc) is 2.92. The van der Waals surface area contributed by atoms with E-state index in [1.54, 1.807) is 11.8 Å². The lowest BCUT2D eigenvalue weighted by Gasteiger charge is -2.27. The van der Waals surface area contributed by atoms with Crippen LogP contribution in [0.3, 0.4) is 0 Å². The van der Waals surface area contributed by atoms with Gasteiger partial charge in [-0.1, -0.05) is 31.0 Å². The quantitative estimate of drug-likeness (QED) is 0.774. The van der Waals surface area contributed by atoms with Gasteiger partial charge in [-0.2, -0.15) is 0 Å². The van der Waals surface area contributed by atoms with E-state index in [4.69, 9.17) is 0 Å². The fourth-order valence-electron chi connectivity index (χ4n) is 2.51. The van der Waals surface area contributed by atoms with Crippen molar-refractivity contribution in [2.75, 3.05) is 7.05 Å². The SMILES string of the molecule is C[C@@H](Sc1ccccc1)C(=O)N(C)C1CCCC1. The summed E-state index contributed by atoms with van der Waals surface area (Å²) in [7, 11) is 1.96. The summed E-state index contributed by atoms with van der Waals surface area (Å²) in [5.74, 6) is 0.260. The number of rotatable bonds is 4. The lowest BCUT2D eigenvalue weighted by Crippen LogP contribution is -2.39. The first kappa shape index (κ1) is 13.5. The van der Waals surface area contributed by atoms with Crippen molar-refractivity contribution in [1.82, 2.24) is 4.90 Å². The number of hydrogen-bond acceptors (Lipinski definition) is 2. The molecule has 0 aliphatic heterocycles. The number of carbonyl (C=O) groups is 1. The summed E-state index contributed by atoms with van der Waals surface area (Å²) in [6.07, 6.45) is 4.88. The van der Waals surface area contributed by atoms with Crippen molar-refractivity contribution in [3.8, 4) is 0 Å². The highest BCUT2D eigenvalue weighted by atomic mass is 32.2. The topological polar surface area (TPSA) is 20.3 Å². The van der Waals surface area contributed by atoms with E-state index in [1.165, 1.54) is 25.7 Å². The van der Waals surface area contributed by atoms with E-state index in [2.05, 4.69) is 12.1 Å². The molecule has 0 N–H and O–H groups in total. The van der Waals surface area contributed by atoms with Gasteiger partial charge < -0.3 is 4.90 Å². The van der Waals surface area contributed by atoms with Crippen molar-refractivity contribution >= 4 is 17.7 Å². The fourth-order valence-corrected chi connectivity index (χ4v) is 3.50. The molecule has 18 heavy (non-hydrogen) atoms. The minimum Gasteiger partial charge on any atom is -0.342 e. The zero-order chi connectivity index (χ0) is 13.0. The molecule has 1 saturated carbocycles. The zero-order valence-electron chi connectivity index (χ0n) is 11.1. The van der Waals surface area contributed by atoms with Crippen LogP contribution in [0.2, 0.25) is 0 Å². The summed E-state index contributed by atoms with van der Waals surface area (Å²) in [6.45, 7) is 2.01. The van der Waals surface area contributed by atoms with E-state index in [0.29, 0.717) is 6.04 Å². The second-order valence-electron chi connectivity index (χ2n) is 4.96. The Morgan fingerprint density at radius 2 is 1.89 bits per heavy atom. The molecule has 1 aliphatic carbocycles. The predicted molar refractivity (Wildman–Crippen MR) is 76.8 cm³/mol. The van der Waals surface area contributed by atoms with Crippen LogP contribution in [0.15, 0.2) is 35.2 Å². The fraction of sp³-hybridized carbons (Fsp3) is 0.533. The molecule has 0 spiro atoms. The Hall–Kier alpha value is -0.960. The Morgan fingerprint density at radius 1 is 1.28 bits per heavy atom. The molecule has 0 saturated heterocycles. The third kappa shape index (κ3) is 3.29. The van der Waals surface area contributed by atoms with Crippen molar-refractivity contribution in [2.45, 2.75) is 48.8 Å². The van der Waals surface area contributed by atoms with Crippen molar-refractivity contribution in [3.63, 3.8) is 0 Å². The molecule has 2 rings (SSSR count). The first-order valence-electron chi connectivity index (χ1n) is 6.67. The lowest BCUT2D eigenvalue weighted by molar-refractivity contribution is -0.130. The monoisotopic (exact) mass is 263 g/mol. The molecule has 3 heteroatoms. The molecule has 1 aromatic rings. The van der Waals surface area contributed by atoms with Crippen molar-refractivity contribution in [2.24, 2.45) is 0 Å². The van der Waals surface area contributed by atoms with Gasteiger partial charge in [0.2, 0.25) is 5.91 Å². The molecule has 1 aliphatic rings. The van der Waals surface area contributed by atoms with Gasteiger partial charge in [0.15, 0.2) is 0 Å². The smallest absolute Gasteiger partial charge is 0.235 e. The summed E-state index contributed by atoms with van der Waals surface area (Å²) < 4.78 is 0. The third-order valence-electron chi connectivity index (χ3n) is 3.62. The average molecular weight is 263 g/mol. The number of nitrogens with zero attached hydrogens (tertiary/aromatic N) is 1. The standard InChI is InChI=1S/C15H21NOS/c1-12(18-14-10-4-3-5-11-14)15(17)16(2)13-8-6-7-9-13/h3-5,10-13H,6-9H2,1-2H3/t12-/m1/s1. The molecular weight excluding hydrogens is 242 g/mol. The predicted octanol–water partition coefficient (Wildman–Crippen LogP) is 3.57. The number of benzene rings is 1. The van der Waals surface area contributed by atoms with Crippen LogP contribution in [0.25, 0.3) is 0 Å². The second-order valence-corrected chi connectivity index (χ2v) is 6.37. The van der Waals surface area contributed by atoms with E-state index in [1.807, 2.05) is 37.1 Å². The van der Waals surface area contributed by atoms with Gasteiger partial charge in [0.25, 0.3) is 0 Å². The van der Waals surface area contributed by atoms with E-state index in [0.717, 1.165) is 4.90 Å². The number of carbonyl (C=O) groups excluding carboxylic acids is 1. The highest BCUT2D eigenvalue weighted by Crippen LogP contribution is 2.27. The highest BCUT2D eigenvalue weighted by molar-refractivity contribution is 8.00. The maximum atomic E-state index is 12.3. The van der Waals surface area contributed by atoms with Crippen LogP contribution >= 0.6 is 11.8 Å². The van der Waals surface area contributed by atoms with Gasteiger partial charge >= 0.3 is 0 Å². The van der Waals surface area contributed by atoms with Gasteiger partial charge in [-0.25, -0.2) is 0 Å². The van der Waals surface area contributed by atoms with Crippen LogP contribution in [0.1, 0.15) is 32.6 Å². The molecule has 1 aromatic carbocycles. The van der Waals surface area contributed by atoms with Crippen LogP contribution < -0.4 is 0 Å². The van der Waals surface area contributed by atoms with Gasteiger partial charge in [-0.05, 0) is 31.9 Å². The van der Waals surface area contributed by atoms with Crippen LogP contribution in [-0.2, 0) is 4.79 Å². The van der Waals surface area contributed by atoms with Gasteiger partial charge in [0, 0.05) is 18.0 Å². The second kappa shape index (κ2) is 6.28. The van der Waals surface area contributed by atoms with E-state index >= 15 is 0 Å².